The van der Waals surface area contributed by atoms with Crippen LogP contribution >= 0.6 is 0 Å². The van der Waals surface area contributed by atoms with Crippen molar-refractivity contribution in [3.63, 3.8) is 0 Å². The summed E-state index contributed by atoms with van der Waals surface area (Å²) in [6, 6.07) is 4.87. The highest BCUT2D eigenvalue weighted by Gasteiger charge is 2.18. The predicted molar refractivity (Wildman–Crippen MR) is 64.7 cm³/mol. The van der Waals surface area contributed by atoms with Crippen LogP contribution in [-0.4, -0.2) is 33.6 Å². The molecule has 2 rings (SSSR count). The Morgan fingerprint density at radius 3 is 2.78 bits per heavy atom. The van der Waals surface area contributed by atoms with E-state index in [1.165, 1.54) is 6.07 Å². The Morgan fingerprint density at radius 1 is 1.39 bits per heavy atom. The average molecular weight is 248 g/mol. The van der Waals surface area contributed by atoms with Gasteiger partial charge in [-0.3, -0.25) is 9.59 Å². The number of H-pyrrole nitrogens is 1. The molecule has 2 aromatic rings. The van der Waals surface area contributed by atoms with Crippen LogP contribution in [0.2, 0.25) is 0 Å². The van der Waals surface area contributed by atoms with Gasteiger partial charge in [0.1, 0.15) is 12.3 Å². The molecule has 0 atom stereocenters. The molecule has 0 saturated carbocycles. The van der Waals surface area contributed by atoms with Crippen molar-refractivity contribution in [2.45, 2.75) is 6.92 Å². The minimum atomic E-state index is -1.12. The molecule has 0 unspecified atom stereocenters. The van der Waals surface area contributed by atoms with Crippen molar-refractivity contribution in [1.82, 2.24) is 10.3 Å². The maximum Gasteiger partial charge on any atom is 0.322 e. The van der Waals surface area contributed by atoms with Crippen LogP contribution in [-0.2, 0) is 4.79 Å². The monoisotopic (exact) mass is 248 g/mol. The van der Waals surface area contributed by atoms with Crippen LogP contribution in [0.4, 0.5) is 0 Å². The first kappa shape index (κ1) is 12.0. The van der Waals surface area contributed by atoms with Crippen LogP contribution in [0.5, 0.6) is 5.75 Å². The minimum absolute atomic E-state index is 0.0164. The third kappa shape index (κ3) is 2.00. The number of hydrogen-bond acceptors (Lipinski definition) is 3. The van der Waals surface area contributed by atoms with E-state index in [1.807, 2.05) is 0 Å². The molecule has 0 aliphatic rings. The highest BCUT2D eigenvalue weighted by atomic mass is 16.4. The number of hydrogen-bond donors (Lipinski definition) is 4. The first-order valence-electron chi connectivity index (χ1n) is 5.31. The molecule has 1 aromatic carbocycles. The highest BCUT2D eigenvalue weighted by molar-refractivity contribution is 6.10. The van der Waals surface area contributed by atoms with Gasteiger partial charge < -0.3 is 20.5 Å². The molecule has 0 spiro atoms. The summed E-state index contributed by atoms with van der Waals surface area (Å²) < 4.78 is 0. The summed E-state index contributed by atoms with van der Waals surface area (Å²) in [5, 5.41) is 21.0. The highest BCUT2D eigenvalue weighted by Crippen LogP contribution is 2.29. The van der Waals surface area contributed by atoms with Crippen molar-refractivity contribution in [1.29, 1.82) is 0 Å². The molecule has 18 heavy (non-hydrogen) atoms. The van der Waals surface area contributed by atoms with Gasteiger partial charge in [-0.2, -0.15) is 0 Å². The number of aliphatic carboxylic acids is 1. The van der Waals surface area contributed by atoms with Gasteiger partial charge >= 0.3 is 5.97 Å². The Hall–Kier alpha value is -2.50. The van der Waals surface area contributed by atoms with Gasteiger partial charge in [0.2, 0.25) is 0 Å². The predicted octanol–water partition coefficient (Wildman–Crippen LogP) is 0.996. The Labute approximate surface area is 102 Å². The molecular formula is C12H12N2O4. The van der Waals surface area contributed by atoms with Gasteiger partial charge in [0, 0.05) is 5.69 Å². The quantitative estimate of drug-likeness (QED) is 0.650. The molecule has 1 heterocycles. The second-order valence-corrected chi connectivity index (χ2v) is 3.90. The van der Waals surface area contributed by atoms with E-state index in [9.17, 15) is 14.7 Å². The van der Waals surface area contributed by atoms with E-state index in [1.54, 1.807) is 19.1 Å². The molecule has 0 aliphatic heterocycles. The summed E-state index contributed by atoms with van der Waals surface area (Å²) in [6.07, 6.45) is 0. The Bertz CT molecular complexity index is 630. The van der Waals surface area contributed by atoms with Gasteiger partial charge in [-0.25, -0.2) is 0 Å². The van der Waals surface area contributed by atoms with Crippen molar-refractivity contribution in [2.24, 2.45) is 0 Å². The lowest BCUT2D eigenvalue weighted by molar-refractivity contribution is -0.135. The lowest BCUT2D eigenvalue weighted by Gasteiger charge is -2.03. The number of aromatic nitrogens is 1. The topological polar surface area (TPSA) is 102 Å². The van der Waals surface area contributed by atoms with Crippen LogP contribution < -0.4 is 5.32 Å². The van der Waals surface area contributed by atoms with Crippen LogP contribution in [0.25, 0.3) is 10.9 Å². The number of phenols is 1. The third-order valence-corrected chi connectivity index (χ3v) is 2.62. The summed E-state index contributed by atoms with van der Waals surface area (Å²) in [6.45, 7) is 1.23. The van der Waals surface area contributed by atoms with E-state index in [4.69, 9.17) is 5.11 Å². The molecule has 4 N–H and O–H groups in total. The first-order chi connectivity index (χ1) is 8.50. The van der Waals surface area contributed by atoms with E-state index >= 15 is 0 Å². The molecular weight excluding hydrogens is 236 g/mol. The molecule has 0 fully saturated rings. The number of phenolic OH excluding ortho intramolecular Hbond substituents is 1. The molecule has 6 nitrogen and oxygen atoms in total. The van der Waals surface area contributed by atoms with E-state index in [-0.39, 0.29) is 11.3 Å². The normalized spacial score (nSPS) is 10.5. The number of aryl methyl sites for hydroxylation is 1. The molecule has 0 radical (unpaired) electrons. The van der Waals surface area contributed by atoms with Crippen LogP contribution in [0.3, 0.4) is 0 Å². The van der Waals surface area contributed by atoms with Crippen molar-refractivity contribution < 1.29 is 19.8 Å². The summed E-state index contributed by atoms with van der Waals surface area (Å²) >= 11 is 0. The minimum Gasteiger partial charge on any atom is -0.507 e. The molecule has 1 aromatic heterocycles. The zero-order chi connectivity index (χ0) is 13.3. The Balaban J connectivity index is 2.46. The van der Waals surface area contributed by atoms with Crippen molar-refractivity contribution in [2.75, 3.05) is 6.54 Å². The van der Waals surface area contributed by atoms with Crippen molar-refractivity contribution >= 4 is 22.8 Å². The second kappa shape index (κ2) is 4.40. The number of benzene rings is 1. The first-order valence-corrected chi connectivity index (χ1v) is 5.31. The van der Waals surface area contributed by atoms with E-state index in [2.05, 4.69) is 10.3 Å². The lowest BCUT2D eigenvalue weighted by Crippen LogP contribution is -2.29. The van der Waals surface area contributed by atoms with E-state index in [0.29, 0.717) is 16.6 Å². The molecule has 0 aliphatic carbocycles. The fourth-order valence-corrected chi connectivity index (χ4v) is 1.89. The maximum atomic E-state index is 11.9. The number of aromatic hydroxyl groups is 1. The van der Waals surface area contributed by atoms with Gasteiger partial charge in [0.05, 0.1) is 16.5 Å². The van der Waals surface area contributed by atoms with Gasteiger partial charge in [0.25, 0.3) is 5.91 Å². The standard InChI is InChI=1S/C12H12N2O4/c1-6-10(12(18)13-5-9(16)17)11-7(14-6)3-2-4-8(11)15/h2-4,14-15H,5H2,1H3,(H,13,18)(H,16,17). The summed E-state index contributed by atoms with van der Waals surface area (Å²) in [4.78, 5) is 25.3. The fraction of sp³-hybridized carbons (Fsp3) is 0.167. The number of amides is 1. The maximum absolute atomic E-state index is 11.9. The Kier molecular flexibility index (Phi) is 2.93. The van der Waals surface area contributed by atoms with Crippen molar-refractivity contribution in [3.8, 4) is 5.75 Å². The van der Waals surface area contributed by atoms with Crippen LogP contribution in [0.15, 0.2) is 18.2 Å². The number of rotatable bonds is 3. The van der Waals surface area contributed by atoms with Crippen molar-refractivity contribution in [3.05, 3.63) is 29.5 Å². The number of carboxylic acids is 1. The molecule has 6 heteroatoms. The van der Waals surface area contributed by atoms with Gasteiger partial charge in [-0.1, -0.05) is 6.07 Å². The number of carbonyl (C=O) groups is 2. The number of fused-ring (bicyclic) bond motifs is 1. The third-order valence-electron chi connectivity index (χ3n) is 2.62. The Morgan fingerprint density at radius 2 is 2.11 bits per heavy atom. The number of aromatic amines is 1. The number of carboxylic acid groups (broad SMARTS) is 1. The van der Waals surface area contributed by atoms with Gasteiger partial charge in [-0.15, -0.1) is 0 Å². The largest absolute Gasteiger partial charge is 0.507 e. The van der Waals surface area contributed by atoms with Gasteiger partial charge in [0.15, 0.2) is 0 Å². The zero-order valence-corrected chi connectivity index (χ0v) is 9.65. The molecule has 0 saturated heterocycles. The van der Waals surface area contributed by atoms with E-state index in [0.717, 1.165) is 0 Å². The SMILES string of the molecule is Cc1[nH]c2cccc(O)c2c1C(=O)NCC(=O)O. The van der Waals surface area contributed by atoms with Gasteiger partial charge in [-0.05, 0) is 19.1 Å². The number of nitrogens with one attached hydrogen (secondary N) is 2. The average Bonchev–Trinajstić information content (AvgIpc) is 2.63. The smallest absolute Gasteiger partial charge is 0.322 e. The van der Waals surface area contributed by atoms with Crippen LogP contribution in [0, 0.1) is 6.92 Å². The van der Waals surface area contributed by atoms with Crippen LogP contribution in [0.1, 0.15) is 16.1 Å². The molecule has 94 valence electrons. The fourth-order valence-electron chi connectivity index (χ4n) is 1.89. The molecule has 0 bridgehead atoms. The lowest BCUT2D eigenvalue weighted by atomic mass is 10.1. The second-order valence-electron chi connectivity index (χ2n) is 3.90. The summed E-state index contributed by atoms with van der Waals surface area (Å²) in [7, 11) is 0. The summed E-state index contributed by atoms with van der Waals surface area (Å²) in [5.41, 5.74) is 1.48. The molecule has 1 amide bonds. The zero-order valence-electron chi connectivity index (χ0n) is 9.65. The summed E-state index contributed by atoms with van der Waals surface area (Å²) in [5.74, 6) is -1.66. The number of carbonyl (C=O) groups excluding carboxylic acids is 1. The van der Waals surface area contributed by atoms with E-state index < -0.39 is 18.4 Å².